The van der Waals surface area contributed by atoms with Gasteiger partial charge in [0.05, 0.1) is 12.1 Å². The summed E-state index contributed by atoms with van der Waals surface area (Å²) in [4.78, 5) is 19.6. The van der Waals surface area contributed by atoms with Crippen molar-refractivity contribution < 1.29 is 4.79 Å². The predicted molar refractivity (Wildman–Crippen MR) is 132 cm³/mol. The number of aromatic nitrogens is 1. The first kappa shape index (κ1) is 21.8. The van der Waals surface area contributed by atoms with E-state index in [1.165, 1.54) is 5.56 Å². The Kier molecular flexibility index (Phi) is 6.42. The van der Waals surface area contributed by atoms with E-state index in [0.29, 0.717) is 18.2 Å². The highest BCUT2D eigenvalue weighted by Crippen LogP contribution is 2.26. The molecule has 2 amide bonds. The van der Waals surface area contributed by atoms with E-state index in [4.69, 9.17) is 11.6 Å². The average molecular weight is 444 g/mol. The summed E-state index contributed by atoms with van der Waals surface area (Å²) < 4.78 is 0. The van der Waals surface area contributed by atoms with Gasteiger partial charge in [-0.05, 0) is 56.2 Å². The number of halogens is 1. The zero-order valence-corrected chi connectivity index (χ0v) is 19.3. The van der Waals surface area contributed by atoms with Crippen molar-refractivity contribution in [1.82, 2.24) is 9.88 Å². The highest BCUT2D eigenvalue weighted by atomic mass is 35.5. The summed E-state index contributed by atoms with van der Waals surface area (Å²) in [6.07, 6.45) is 0. The molecule has 0 aliphatic heterocycles. The number of fused-ring (bicyclic) bond motifs is 1. The number of hydrogen-bond donors (Lipinski definition) is 1. The van der Waals surface area contributed by atoms with Gasteiger partial charge < -0.3 is 10.2 Å². The Morgan fingerprint density at radius 3 is 2.34 bits per heavy atom. The molecule has 4 aromatic rings. The van der Waals surface area contributed by atoms with E-state index in [0.717, 1.165) is 38.8 Å². The van der Waals surface area contributed by atoms with Gasteiger partial charge in [-0.3, -0.25) is 0 Å². The van der Waals surface area contributed by atoms with Crippen LogP contribution in [0.4, 0.5) is 10.5 Å². The third-order valence-electron chi connectivity index (χ3n) is 5.45. The van der Waals surface area contributed by atoms with Crippen molar-refractivity contribution >= 4 is 34.2 Å². The third-order valence-corrected chi connectivity index (χ3v) is 5.77. The van der Waals surface area contributed by atoms with E-state index in [2.05, 4.69) is 29.4 Å². The maximum absolute atomic E-state index is 13.2. The highest BCUT2D eigenvalue weighted by molar-refractivity contribution is 6.30. The van der Waals surface area contributed by atoms with Crippen LogP contribution >= 0.6 is 11.6 Å². The lowest BCUT2D eigenvalue weighted by Crippen LogP contribution is -2.34. The minimum atomic E-state index is -0.186. The molecule has 0 atom stereocenters. The number of carbonyl (C=O) groups excluding carboxylic acids is 1. The number of anilines is 1. The Balaban J connectivity index is 1.65. The van der Waals surface area contributed by atoms with E-state index in [1.807, 2.05) is 74.5 Å². The topological polar surface area (TPSA) is 45.2 Å². The van der Waals surface area contributed by atoms with Crippen molar-refractivity contribution in [3.8, 4) is 0 Å². The van der Waals surface area contributed by atoms with Gasteiger partial charge in [0.1, 0.15) is 5.15 Å². The second-order valence-electron chi connectivity index (χ2n) is 8.23. The SMILES string of the molecule is Cc1ccc(NC(=O)N(Cc2ccccc2)Cc2cc3cc(C)cc(C)c3nc2Cl)cc1. The van der Waals surface area contributed by atoms with Crippen LogP contribution < -0.4 is 5.32 Å². The van der Waals surface area contributed by atoms with Crippen molar-refractivity contribution in [2.45, 2.75) is 33.9 Å². The number of benzene rings is 3. The van der Waals surface area contributed by atoms with Crippen molar-refractivity contribution in [3.05, 3.63) is 106 Å². The molecule has 5 heteroatoms. The van der Waals surface area contributed by atoms with E-state index in [1.54, 1.807) is 4.90 Å². The number of pyridine rings is 1. The van der Waals surface area contributed by atoms with Crippen LogP contribution in [0.3, 0.4) is 0 Å². The van der Waals surface area contributed by atoms with Crippen molar-refractivity contribution in [3.63, 3.8) is 0 Å². The van der Waals surface area contributed by atoms with Crippen molar-refractivity contribution in [2.24, 2.45) is 0 Å². The van der Waals surface area contributed by atoms with Gasteiger partial charge in [0.2, 0.25) is 0 Å². The van der Waals surface area contributed by atoms with Gasteiger partial charge in [0.25, 0.3) is 0 Å². The van der Waals surface area contributed by atoms with E-state index in [9.17, 15) is 4.79 Å². The molecule has 162 valence electrons. The lowest BCUT2D eigenvalue weighted by atomic mass is 10.1. The standard InChI is InChI=1S/C27H26ClN3O/c1-18-9-11-24(12-10-18)29-27(32)31(16-21-7-5-4-6-8-21)17-23-15-22-14-19(2)13-20(3)25(22)30-26(23)28/h4-15H,16-17H2,1-3H3,(H,29,32). The normalized spacial score (nSPS) is 10.9. The Morgan fingerprint density at radius 1 is 0.906 bits per heavy atom. The Bertz CT molecular complexity index is 1250. The van der Waals surface area contributed by atoms with Crippen LogP contribution in [0.1, 0.15) is 27.8 Å². The lowest BCUT2D eigenvalue weighted by Gasteiger charge is -2.24. The second-order valence-corrected chi connectivity index (χ2v) is 8.59. The zero-order chi connectivity index (χ0) is 22.7. The molecule has 0 spiro atoms. The summed E-state index contributed by atoms with van der Waals surface area (Å²) >= 11 is 6.57. The van der Waals surface area contributed by atoms with E-state index >= 15 is 0 Å². The predicted octanol–water partition coefficient (Wildman–Crippen LogP) is 7.05. The zero-order valence-electron chi connectivity index (χ0n) is 18.5. The van der Waals surface area contributed by atoms with Gasteiger partial charge in [-0.2, -0.15) is 0 Å². The lowest BCUT2D eigenvalue weighted by molar-refractivity contribution is 0.206. The highest BCUT2D eigenvalue weighted by Gasteiger charge is 2.18. The summed E-state index contributed by atoms with van der Waals surface area (Å²) in [7, 11) is 0. The van der Waals surface area contributed by atoms with E-state index in [-0.39, 0.29) is 6.03 Å². The van der Waals surface area contributed by atoms with Crippen molar-refractivity contribution in [2.75, 3.05) is 5.32 Å². The van der Waals surface area contributed by atoms with Crippen LogP contribution in [0.15, 0.2) is 72.8 Å². The van der Waals surface area contributed by atoms with Crippen LogP contribution in [-0.4, -0.2) is 15.9 Å². The summed E-state index contributed by atoms with van der Waals surface area (Å²) in [6.45, 7) is 6.93. The monoisotopic (exact) mass is 443 g/mol. The van der Waals surface area contributed by atoms with Crippen LogP contribution in [0.5, 0.6) is 0 Å². The number of urea groups is 1. The molecule has 0 bridgehead atoms. The number of nitrogens with one attached hydrogen (secondary N) is 1. The first-order chi connectivity index (χ1) is 15.4. The van der Waals surface area contributed by atoms with Gasteiger partial charge in [0, 0.05) is 23.2 Å². The molecule has 1 N–H and O–H groups in total. The molecular weight excluding hydrogens is 418 g/mol. The summed E-state index contributed by atoms with van der Waals surface area (Å²) in [5, 5.41) is 4.46. The number of nitrogens with zero attached hydrogens (tertiary/aromatic N) is 2. The summed E-state index contributed by atoms with van der Waals surface area (Å²) in [6, 6.07) is 23.8. The van der Waals surface area contributed by atoms with Gasteiger partial charge in [-0.15, -0.1) is 0 Å². The van der Waals surface area contributed by atoms with Crippen LogP contribution in [0, 0.1) is 20.8 Å². The minimum Gasteiger partial charge on any atom is -0.316 e. The maximum Gasteiger partial charge on any atom is 0.322 e. The Hall–Kier alpha value is -3.37. The number of aryl methyl sites for hydroxylation is 3. The Morgan fingerprint density at radius 2 is 1.62 bits per heavy atom. The van der Waals surface area contributed by atoms with Gasteiger partial charge >= 0.3 is 6.03 Å². The number of carbonyl (C=O) groups is 1. The molecule has 0 saturated heterocycles. The van der Waals surface area contributed by atoms with Crippen molar-refractivity contribution in [1.29, 1.82) is 0 Å². The fourth-order valence-corrected chi connectivity index (χ4v) is 4.03. The molecule has 0 aliphatic carbocycles. The van der Waals surface area contributed by atoms with Gasteiger partial charge in [-0.1, -0.05) is 71.3 Å². The molecule has 1 heterocycles. The van der Waals surface area contributed by atoms with Gasteiger partial charge in [0.15, 0.2) is 0 Å². The minimum absolute atomic E-state index is 0.186. The molecule has 3 aromatic carbocycles. The average Bonchev–Trinajstić information content (AvgIpc) is 2.76. The Labute approximate surface area is 193 Å². The molecule has 4 nitrogen and oxygen atoms in total. The largest absolute Gasteiger partial charge is 0.322 e. The molecular formula is C27H26ClN3O. The molecule has 4 rings (SSSR count). The molecule has 0 unspecified atom stereocenters. The summed E-state index contributed by atoms with van der Waals surface area (Å²) in [5.74, 6) is 0. The fourth-order valence-electron chi connectivity index (χ4n) is 3.83. The van der Waals surface area contributed by atoms with Crippen LogP contribution in [-0.2, 0) is 13.1 Å². The summed E-state index contributed by atoms with van der Waals surface area (Å²) in [5.41, 5.74) is 6.91. The van der Waals surface area contributed by atoms with Crippen LogP contribution in [0.25, 0.3) is 10.9 Å². The number of amides is 2. The number of hydrogen-bond acceptors (Lipinski definition) is 2. The molecule has 0 aliphatic rings. The second kappa shape index (κ2) is 9.41. The fraction of sp³-hybridized carbons (Fsp3) is 0.185. The number of rotatable bonds is 5. The molecule has 1 aromatic heterocycles. The molecule has 0 saturated carbocycles. The quantitative estimate of drug-likeness (QED) is 0.336. The first-order valence-corrected chi connectivity index (χ1v) is 11.0. The van der Waals surface area contributed by atoms with Gasteiger partial charge in [-0.25, -0.2) is 9.78 Å². The van der Waals surface area contributed by atoms with E-state index < -0.39 is 0 Å². The molecule has 32 heavy (non-hydrogen) atoms. The molecule has 0 fully saturated rings. The first-order valence-electron chi connectivity index (χ1n) is 10.6. The molecule has 0 radical (unpaired) electrons. The smallest absolute Gasteiger partial charge is 0.316 e. The third kappa shape index (κ3) is 5.09. The van der Waals surface area contributed by atoms with Crippen LogP contribution in [0.2, 0.25) is 5.15 Å². The maximum atomic E-state index is 13.2.